The molecular weight excluding hydrogens is 706 g/mol. The quantitative estimate of drug-likeness (QED) is 0.0458. The summed E-state index contributed by atoms with van der Waals surface area (Å²) in [5.41, 5.74) is 16.7. The van der Waals surface area contributed by atoms with Crippen molar-refractivity contribution in [2.24, 2.45) is 16.5 Å². The smallest absolute Gasteiger partial charge is 0.320 e. The van der Waals surface area contributed by atoms with Gasteiger partial charge in [-0.15, -0.1) is 0 Å². The zero-order valence-electron chi connectivity index (χ0n) is 30.6. The molecule has 13 heteroatoms. The van der Waals surface area contributed by atoms with Gasteiger partial charge in [-0.3, -0.25) is 14.8 Å². The molecule has 284 valence electrons. The lowest BCUT2D eigenvalue weighted by atomic mass is 9.96. The third-order valence-electron chi connectivity index (χ3n) is 9.28. The molecule has 0 radical (unpaired) electrons. The number of rotatable bonds is 20. The first-order chi connectivity index (χ1) is 26.2. The Hall–Kier alpha value is -5.35. The van der Waals surface area contributed by atoms with E-state index < -0.39 is 12.0 Å². The highest BCUT2D eigenvalue weighted by molar-refractivity contribution is 6.32. The monoisotopic (exact) mass is 753 g/mol. The van der Waals surface area contributed by atoms with E-state index in [-0.39, 0.29) is 25.7 Å². The number of pyridine rings is 1. The number of nitrogens with two attached hydrogens (primary N) is 2. The number of carboxylic acids is 1. The lowest BCUT2D eigenvalue weighted by Gasteiger charge is -2.19. The van der Waals surface area contributed by atoms with Crippen molar-refractivity contribution in [3.05, 3.63) is 106 Å². The van der Waals surface area contributed by atoms with Crippen LogP contribution >= 0.6 is 11.6 Å². The molecule has 1 saturated heterocycles. The molecule has 0 unspecified atom stereocenters. The molecule has 1 aliphatic heterocycles. The average molecular weight is 754 g/mol. The van der Waals surface area contributed by atoms with Crippen LogP contribution in [0.1, 0.15) is 59.9 Å². The first kappa shape index (κ1) is 39.8. The maximum atomic E-state index is 12.0. The minimum Gasteiger partial charge on any atom is -0.494 e. The summed E-state index contributed by atoms with van der Waals surface area (Å²) in [6, 6.07) is 20.6. The molecule has 1 fully saturated rings. The lowest BCUT2D eigenvalue weighted by Crippen LogP contribution is -2.36. The summed E-state index contributed by atoms with van der Waals surface area (Å²) >= 11 is 6.78. The van der Waals surface area contributed by atoms with E-state index in [1.54, 1.807) is 24.4 Å². The third kappa shape index (κ3) is 11.8. The summed E-state index contributed by atoms with van der Waals surface area (Å²) in [6.45, 7) is 7.02. The number of hydrogen-bond donors (Lipinski definition) is 4. The minimum absolute atomic E-state index is 0.0407. The van der Waals surface area contributed by atoms with E-state index in [9.17, 15) is 15.2 Å². The molecule has 0 aliphatic carbocycles. The van der Waals surface area contributed by atoms with Crippen LogP contribution in [0, 0.1) is 18.3 Å². The van der Waals surface area contributed by atoms with Crippen molar-refractivity contribution in [2.45, 2.75) is 64.8 Å². The first-order valence-corrected chi connectivity index (χ1v) is 18.6. The number of nitrogens with zero attached hydrogens (tertiary/aromatic N) is 4. The number of aliphatic carboxylic acids is 1. The summed E-state index contributed by atoms with van der Waals surface area (Å²) < 4.78 is 18.7. The van der Waals surface area contributed by atoms with Gasteiger partial charge in [0.2, 0.25) is 0 Å². The van der Waals surface area contributed by atoms with Crippen molar-refractivity contribution in [3.63, 3.8) is 0 Å². The second kappa shape index (κ2) is 20.2. The van der Waals surface area contributed by atoms with Gasteiger partial charge in [-0.1, -0.05) is 41.9 Å². The summed E-state index contributed by atoms with van der Waals surface area (Å²) in [4.78, 5) is 22.6. The lowest BCUT2D eigenvalue weighted by molar-refractivity contribution is -0.139. The molecule has 5 rings (SSSR count). The number of benzene rings is 3. The Morgan fingerprint density at radius 2 is 1.81 bits per heavy atom. The number of hydrogen-bond acceptors (Lipinski definition) is 9. The number of guanidine groups is 1. The number of nitrogens with one attached hydrogen (secondary N) is 1. The number of aliphatic imine (C=N–C) groups is 1. The van der Waals surface area contributed by atoms with Crippen molar-refractivity contribution in [3.8, 4) is 34.4 Å². The maximum absolute atomic E-state index is 12.0. The Morgan fingerprint density at radius 1 is 1.02 bits per heavy atom. The minimum atomic E-state index is -1.00. The van der Waals surface area contributed by atoms with Crippen LogP contribution in [0.15, 0.2) is 78.0 Å². The Bertz CT molecular complexity index is 1940. The molecular formula is C41H48ClN7O5. The number of likely N-dealkylation sites (tertiary alicyclic amines) is 1. The Balaban J connectivity index is 1.29. The molecule has 4 aromatic rings. The molecule has 6 N–H and O–H groups in total. The summed E-state index contributed by atoms with van der Waals surface area (Å²) in [5.74, 6) is 0.648. The highest BCUT2D eigenvalue weighted by Crippen LogP contribution is 2.35. The predicted molar refractivity (Wildman–Crippen MR) is 210 cm³/mol. The van der Waals surface area contributed by atoms with Gasteiger partial charge in [0.25, 0.3) is 0 Å². The molecule has 3 aromatic carbocycles. The zero-order valence-corrected chi connectivity index (χ0v) is 31.4. The van der Waals surface area contributed by atoms with Gasteiger partial charge in [-0.2, -0.15) is 5.26 Å². The van der Waals surface area contributed by atoms with Crippen LogP contribution in [-0.2, 0) is 24.6 Å². The number of nitriles is 1. The van der Waals surface area contributed by atoms with Crippen LogP contribution in [0.25, 0.3) is 11.1 Å². The van der Waals surface area contributed by atoms with Gasteiger partial charge in [0.1, 0.15) is 42.6 Å². The number of ether oxygens (including phenoxy) is 3. The van der Waals surface area contributed by atoms with Crippen LogP contribution in [-0.4, -0.2) is 65.7 Å². The van der Waals surface area contributed by atoms with Crippen molar-refractivity contribution in [2.75, 3.05) is 32.8 Å². The van der Waals surface area contributed by atoms with E-state index in [1.165, 1.54) is 32.1 Å². The molecule has 1 aromatic heterocycles. The van der Waals surface area contributed by atoms with E-state index in [0.717, 1.165) is 41.0 Å². The van der Waals surface area contributed by atoms with E-state index in [0.29, 0.717) is 59.2 Å². The van der Waals surface area contributed by atoms with Gasteiger partial charge in [-0.25, -0.2) is 0 Å². The fraction of sp³-hybridized carbons (Fsp3) is 0.366. The summed E-state index contributed by atoms with van der Waals surface area (Å²) in [7, 11) is 0. The van der Waals surface area contributed by atoms with Gasteiger partial charge in [0.15, 0.2) is 5.96 Å². The van der Waals surface area contributed by atoms with E-state index in [2.05, 4.69) is 51.4 Å². The van der Waals surface area contributed by atoms with E-state index in [1.807, 2.05) is 24.3 Å². The Labute approximate surface area is 321 Å². The van der Waals surface area contributed by atoms with Crippen LogP contribution in [0.2, 0.25) is 5.02 Å². The third-order valence-corrected chi connectivity index (χ3v) is 9.57. The van der Waals surface area contributed by atoms with Gasteiger partial charge < -0.3 is 41.0 Å². The molecule has 0 bridgehead atoms. The molecule has 1 atom stereocenters. The number of carboxylic acid groups (broad SMARTS) is 1. The number of aromatic nitrogens is 1. The van der Waals surface area contributed by atoms with Crippen LogP contribution in [0.4, 0.5) is 0 Å². The first-order valence-electron chi connectivity index (χ1n) is 18.2. The predicted octanol–water partition coefficient (Wildman–Crippen LogP) is 6.20. The second-order valence-electron chi connectivity index (χ2n) is 13.3. The summed E-state index contributed by atoms with van der Waals surface area (Å²) in [6.07, 6.45) is 7.45. The van der Waals surface area contributed by atoms with Gasteiger partial charge in [-0.05, 0) is 98.6 Å². The van der Waals surface area contributed by atoms with Crippen LogP contribution < -0.4 is 31.0 Å². The fourth-order valence-corrected chi connectivity index (χ4v) is 6.58. The van der Waals surface area contributed by atoms with Crippen LogP contribution in [0.5, 0.6) is 17.2 Å². The highest BCUT2D eigenvalue weighted by Gasteiger charge is 2.19. The number of carbonyl (C=O) groups is 1. The van der Waals surface area contributed by atoms with E-state index in [4.69, 9.17) is 37.3 Å². The molecule has 12 nitrogen and oxygen atoms in total. The molecule has 0 saturated carbocycles. The van der Waals surface area contributed by atoms with Gasteiger partial charge >= 0.3 is 5.97 Å². The largest absolute Gasteiger partial charge is 0.494 e. The topological polar surface area (TPSA) is 181 Å². The van der Waals surface area contributed by atoms with Crippen molar-refractivity contribution < 1.29 is 24.1 Å². The SMILES string of the molecule is Cc1c(COc2cc(OCc3cncc(C#N)c3)c(CN[C@@H](CCCN=C(N)N)C(=O)O)cc2Cl)cccc1-c1cccc(OCCCN2CCCC2)c1. The summed E-state index contributed by atoms with van der Waals surface area (Å²) in [5, 5.41) is 22.6. The second-order valence-corrected chi connectivity index (χ2v) is 13.7. The number of halogens is 1. The van der Waals surface area contributed by atoms with Gasteiger partial charge in [0.05, 0.1) is 17.2 Å². The van der Waals surface area contributed by atoms with Crippen molar-refractivity contribution in [1.82, 2.24) is 15.2 Å². The highest BCUT2D eigenvalue weighted by atomic mass is 35.5. The van der Waals surface area contributed by atoms with E-state index >= 15 is 0 Å². The van der Waals surface area contributed by atoms with Crippen LogP contribution in [0.3, 0.4) is 0 Å². The average Bonchev–Trinajstić information content (AvgIpc) is 3.69. The normalized spacial score (nSPS) is 13.2. The van der Waals surface area contributed by atoms with Crippen molar-refractivity contribution >= 4 is 23.5 Å². The Morgan fingerprint density at radius 3 is 2.59 bits per heavy atom. The molecule has 1 aliphatic rings. The molecule has 0 spiro atoms. The molecule has 54 heavy (non-hydrogen) atoms. The molecule has 2 heterocycles. The fourth-order valence-electron chi connectivity index (χ4n) is 6.34. The molecule has 0 amide bonds. The Kier molecular flexibility index (Phi) is 14.9. The maximum Gasteiger partial charge on any atom is 0.320 e. The standard InChI is InChI=1S/C41H48ClN7O5/c1-28-32(9-5-11-35(28)31-8-4-10-34(19-31)52-17-7-16-49-14-2-3-15-49)27-54-39-21-38(53-26-30-18-29(22-43)23-46-24-30)33(20-36(39)42)25-48-37(40(50)51)12-6-13-47-41(44)45/h4-5,8-11,18-21,23-24,37,48H,2-3,6-7,12-17,25-27H2,1H3,(H,50,51)(H4,44,45,47)/t37-/m0/s1. The van der Waals surface area contributed by atoms with Gasteiger partial charge in [0, 0.05) is 49.2 Å². The zero-order chi connectivity index (χ0) is 38.3. The van der Waals surface area contributed by atoms with Crippen molar-refractivity contribution in [1.29, 1.82) is 5.26 Å².